The zero-order valence-corrected chi connectivity index (χ0v) is 15.2. The summed E-state index contributed by atoms with van der Waals surface area (Å²) in [7, 11) is 1.28. The Morgan fingerprint density at radius 1 is 1.11 bits per heavy atom. The van der Waals surface area contributed by atoms with Gasteiger partial charge in [-0.05, 0) is 24.6 Å². The maximum atomic E-state index is 12.8. The second-order valence-electron chi connectivity index (χ2n) is 5.67. The molecule has 0 bridgehead atoms. The molecule has 9 heteroatoms. The lowest BCUT2D eigenvalue weighted by atomic mass is 10.0. The van der Waals surface area contributed by atoms with Crippen LogP contribution in [-0.2, 0) is 27.3 Å². The van der Waals surface area contributed by atoms with Crippen molar-refractivity contribution in [3.8, 4) is 0 Å². The lowest BCUT2D eigenvalue weighted by molar-refractivity contribution is -0.137. The van der Waals surface area contributed by atoms with Crippen LogP contribution in [-0.4, -0.2) is 24.4 Å². The van der Waals surface area contributed by atoms with Crippen LogP contribution in [0.3, 0.4) is 0 Å². The third-order valence-electron chi connectivity index (χ3n) is 3.72. The minimum Gasteiger partial charge on any atom is -0.398 e. The van der Waals surface area contributed by atoms with Crippen molar-refractivity contribution in [2.24, 2.45) is 16.0 Å². The number of benzene rings is 2. The van der Waals surface area contributed by atoms with Gasteiger partial charge < -0.3 is 15.4 Å². The van der Waals surface area contributed by atoms with E-state index in [1.807, 2.05) is 0 Å². The van der Waals surface area contributed by atoms with E-state index in [1.54, 1.807) is 24.3 Å². The molecule has 0 unspecified atom stereocenters. The monoisotopic (exact) mass is 393 g/mol. The smallest absolute Gasteiger partial charge is 0.398 e. The molecule has 0 fully saturated rings. The van der Waals surface area contributed by atoms with Gasteiger partial charge in [0.1, 0.15) is 13.7 Å². The summed E-state index contributed by atoms with van der Waals surface area (Å²) >= 11 is 0. The number of halogens is 3. The SMILES string of the molecule is CO/N=C(/C(N)=O)c1ccccc1CON=C(C)c1cccc(C(F)(F)F)c1. The van der Waals surface area contributed by atoms with Gasteiger partial charge in [-0.2, -0.15) is 13.2 Å². The second kappa shape index (κ2) is 9.03. The van der Waals surface area contributed by atoms with Gasteiger partial charge >= 0.3 is 6.18 Å². The van der Waals surface area contributed by atoms with Crippen LogP contribution >= 0.6 is 0 Å². The summed E-state index contributed by atoms with van der Waals surface area (Å²) in [4.78, 5) is 21.5. The minimum absolute atomic E-state index is 0.0531. The van der Waals surface area contributed by atoms with Gasteiger partial charge in [0.2, 0.25) is 0 Å². The summed E-state index contributed by atoms with van der Waals surface area (Å²) in [5, 5.41) is 7.49. The van der Waals surface area contributed by atoms with Crippen molar-refractivity contribution in [3.63, 3.8) is 0 Å². The van der Waals surface area contributed by atoms with Crippen LogP contribution in [0.15, 0.2) is 58.8 Å². The molecular formula is C19H18F3N3O3. The summed E-state index contributed by atoms with van der Waals surface area (Å²) in [5.41, 5.74) is 5.97. The van der Waals surface area contributed by atoms with Gasteiger partial charge in [-0.15, -0.1) is 0 Å². The normalized spacial score (nSPS) is 12.6. The van der Waals surface area contributed by atoms with Crippen molar-refractivity contribution >= 4 is 17.3 Å². The van der Waals surface area contributed by atoms with Crippen LogP contribution in [0.2, 0.25) is 0 Å². The first-order valence-corrected chi connectivity index (χ1v) is 8.07. The molecule has 2 rings (SSSR count). The average Bonchev–Trinajstić information content (AvgIpc) is 2.66. The zero-order chi connectivity index (χ0) is 20.7. The Kier molecular flexibility index (Phi) is 6.75. The highest BCUT2D eigenvalue weighted by atomic mass is 19.4. The van der Waals surface area contributed by atoms with Crippen LogP contribution in [0.25, 0.3) is 0 Å². The van der Waals surface area contributed by atoms with E-state index in [2.05, 4.69) is 15.1 Å². The maximum Gasteiger partial charge on any atom is 0.416 e. The number of carbonyl (C=O) groups is 1. The zero-order valence-electron chi connectivity index (χ0n) is 15.2. The predicted molar refractivity (Wildman–Crippen MR) is 97.6 cm³/mol. The fourth-order valence-electron chi connectivity index (χ4n) is 2.37. The number of carbonyl (C=O) groups excluding carboxylic acids is 1. The highest BCUT2D eigenvalue weighted by Crippen LogP contribution is 2.29. The summed E-state index contributed by atoms with van der Waals surface area (Å²) in [6.45, 7) is 1.48. The molecule has 0 aliphatic rings. The van der Waals surface area contributed by atoms with E-state index in [-0.39, 0.29) is 23.6 Å². The molecule has 148 valence electrons. The number of amides is 1. The van der Waals surface area contributed by atoms with E-state index in [4.69, 9.17) is 10.6 Å². The first-order valence-electron chi connectivity index (χ1n) is 8.07. The third-order valence-corrected chi connectivity index (χ3v) is 3.72. The standard InChI is InChI=1S/C19H18F3N3O3/c1-12(13-7-5-8-15(10-13)19(20,21)22)24-28-11-14-6-3-4-9-16(14)17(18(23)26)25-27-2/h3-10H,11H2,1-2H3,(H2,23,26)/b24-12?,25-17+. The van der Waals surface area contributed by atoms with Gasteiger partial charge in [0.25, 0.3) is 5.91 Å². The van der Waals surface area contributed by atoms with Crippen LogP contribution < -0.4 is 5.73 Å². The molecule has 28 heavy (non-hydrogen) atoms. The Balaban J connectivity index is 2.19. The number of nitrogens with zero attached hydrogens (tertiary/aromatic N) is 2. The van der Waals surface area contributed by atoms with Crippen molar-refractivity contribution in [2.45, 2.75) is 19.7 Å². The number of rotatable bonds is 7. The Morgan fingerprint density at radius 2 is 1.82 bits per heavy atom. The fraction of sp³-hybridized carbons (Fsp3) is 0.211. The summed E-state index contributed by atoms with van der Waals surface area (Å²) in [6.07, 6.45) is -4.44. The number of primary amides is 1. The van der Waals surface area contributed by atoms with Crippen molar-refractivity contribution in [2.75, 3.05) is 7.11 Å². The number of alkyl halides is 3. The van der Waals surface area contributed by atoms with Crippen LogP contribution in [0.1, 0.15) is 29.2 Å². The Morgan fingerprint density at radius 3 is 2.46 bits per heavy atom. The molecule has 2 aromatic rings. The molecular weight excluding hydrogens is 375 g/mol. The number of nitrogens with two attached hydrogens (primary N) is 1. The number of oxime groups is 2. The molecule has 6 nitrogen and oxygen atoms in total. The molecule has 0 aromatic heterocycles. The van der Waals surface area contributed by atoms with E-state index in [0.29, 0.717) is 11.1 Å². The molecule has 1 amide bonds. The maximum absolute atomic E-state index is 12.8. The van der Waals surface area contributed by atoms with Crippen molar-refractivity contribution < 1.29 is 27.6 Å². The molecule has 0 spiro atoms. The molecule has 0 heterocycles. The van der Waals surface area contributed by atoms with E-state index in [9.17, 15) is 18.0 Å². The van der Waals surface area contributed by atoms with E-state index in [0.717, 1.165) is 12.1 Å². The first kappa shape index (κ1) is 20.9. The molecule has 2 aromatic carbocycles. The van der Waals surface area contributed by atoms with Crippen LogP contribution in [0, 0.1) is 0 Å². The van der Waals surface area contributed by atoms with Gasteiger partial charge in [0.15, 0.2) is 5.71 Å². The molecule has 0 radical (unpaired) electrons. The molecule has 0 aliphatic carbocycles. The predicted octanol–water partition coefficient (Wildman–Crippen LogP) is 3.48. The lowest BCUT2D eigenvalue weighted by Crippen LogP contribution is -2.25. The first-order chi connectivity index (χ1) is 13.2. The summed E-state index contributed by atoms with van der Waals surface area (Å²) in [6, 6.07) is 11.5. The lowest BCUT2D eigenvalue weighted by Gasteiger charge is -2.10. The molecule has 0 atom stereocenters. The largest absolute Gasteiger partial charge is 0.416 e. The summed E-state index contributed by atoms with van der Waals surface area (Å²) < 4.78 is 38.5. The van der Waals surface area contributed by atoms with Gasteiger partial charge in [0, 0.05) is 11.1 Å². The molecule has 0 aliphatic heterocycles. The van der Waals surface area contributed by atoms with Crippen molar-refractivity contribution in [1.29, 1.82) is 0 Å². The topological polar surface area (TPSA) is 86.3 Å². The molecule has 0 saturated heterocycles. The van der Waals surface area contributed by atoms with E-state index >= 15 is 0 Å². The average molecular weight is 393 g/mol. The van der Waals surface area contributed by atoms with Gasteiger partial charge in [0.05, 0.1) is 11.3 Å². The third kappa shape index (κ3) is 5.32. The second-order valence-corrected chi connectivity index (χ2v) is 5.67. The van der Waals surface area contributed by atoms with Crippen molar-refractivity contribution in [3.05, 3.63) is 70.8 Å². The van der Waals surface area contributed by atoms with Crippen LogP contribution in [0.5, 0.6) is 0 Å². The van der Waals surface area contributed by atoms with E-state index in [1.165, 1.54) is 26.2 Å². The Bertz CT molecular complexity index is 909. The van der Waals surface area contributed by atoms with Gasteiger partial charge in [-0.25, -0.2) is 0 Å². The number of hydrogen-bond donors (Lipinski definition) is 1. The Hall–Kier alpha value is -3.36. The highest BCUT2D eigenvalue weighted by Gasteiger charge is 2.30. The molecule has 2 N–H and O–H groups in total. The summed E-state index contributed by atoms with van der Waals surface area (Å²) in [5.74, 6) is -0.780. The molecule has 0 saturated carbocycles. The number of hydrogen-bond acceptors (Lipinski definition) is 5. The minimum atomic E-state index is -4.44. The van der Waals surface area contributed by atoms with Crippen molar-refractivity contribution in [1.82, 2.24) is 0 Å². The quantitative estimate of drug-likeness (QED) is 0.577. The van der Waals surface area contributed by atoms with Gasteiger partial charge in [-0.3, -0.25) is 4.79 Å². The van der Waals surface area contributed by atoms with Gasteiger partial charge in [-0.1, -0.05) is 46.7 Å². The van der Waals surface area contributed by atoms with E-state index < -0.39 is 17.6 Å². The fourth-order valence-corrected chi connectivity index (χ4v) is 2.37. The van der Waals surface area contributed by atoms with Crippen LogP contribution in [0.4, 0.5) is 13.2 Å². The Labute approximate surface area is 159 Å². The highest BCUT2D eigenvalue weighted by molar-refractivity contribution is 6.45.